The summed E-state index contributed by atoms with van der Waals surface area (Å²) in [7, 11) is 0. The lowest BCUT2D eigenvalue weighted by Gasteiger charge is -2.17. The van der Waals surface area contributed by atoms with Crippen LogP contribution in [0.2, 0.25) is 0 Å². The predicted molar refractivity (Wildman–Crippen MR) is 96.1 cm³/mol. The van der Waals surface area contributed by atoms with Crippen molar-refractivity contribution in [3.63, 3.8) is 0 Å². The lowest BCUT2D eigenvalue weighted by atomic mass is 10.1. The monoisotopic (exact) mass is 322 g/mol. The van der Waals surface area contributed by atoms with Gasteiger partial charge < -0.3 is 10.2 Å². The molecular weight excluding hydrogens is 300 g/mol. The van der Waals surface area contributed by atoms with Crippen LogP contribution in [0.15, 0.2) is 48.5 Å². The molecule has 0 saturated carbocycles. The maximum absolute atomic E-state index is 12.4. The van der Waals surface area contributed by atoms with Gasteiger partial charge in [-0.05, 0) is 43.2 Å². The first-order valence-electron chi connectivity index (χ1n) is 8.33. The molecule has 1 saturated heterocycles. The molecule has 1 atom stereocenters. The van der Waals surface area contributed by atoms with Gasteiger partial charge in [0.1, 0.15) is 0 Å². The quantitative estimate of drug-likeness (QED) is 0.936. The molecule has 124 valence electrons. The number of hydrogen-bond donors (Lipinski definition) is 1. The van der Waals surface area contributed by atoms with Crippen molar-refractivity contribution in [1.29, 1.82) is 0 Å². The van der Waals surface area contributed by atoms with Crippen molar-refractivity contribution in [2.45, 2.75) is 26.7 Å². The molecule has 1 fully saturated rings. The highest BCUT2D eigenvalue weighted by molar-refractivity contribution is 6.03. The molecule has 1 unspecified atom stereocenters. The fraction of sp³-hybridized carbons (Fsp3) is 0.300. The van der Waals surface area contributed by atoms with Crippen LogP contribution < -0.4 is 10.2 Å². The Morgan fingerprint density at radius 3 is 2.42 bits per heavy atom. The van der Waals surface area contributed by atoms with Gasteiger partial charge in [-0.3, -0.25) is 9.59 Å². The molecule has 4 nitrogen and oxygen atoms in total. The molecule has 1 aliphatic rings. The average molecular weight is 322 g/mol. The summed E-state index contributed by atoms with van der Waals surface area (Å²) in [6.45, 7) is 4.53. The van der Waals surface area contributed by atoms with Crippen LogP contribution in [-0.2, 0) is 16.0 Å². The summed E-state index contributed by atoms with van der Waals surface area (Å²) in [4.78, 5) is 26.4. The molecular formula is C20H22N2O2. The van der Waals surface area contributed by atoms with E-state index in [4.69, 9.17) is 0 Å². The number of hydrogen-bond acceptors (Lipinski definition) is 2. The maximum atomic E-state index is 12.4. The largest absolute Gasteiger partial charge is 0.326 e. The molecule has 0 aliphatic carbocycles. The minimum atomic E-state index is -0.315. The SMILES string of the molecule is CCc1ccc(N2CC(C(=O)Nc3ccc(C)cc3)CC2=O)cc1. The second-order valence-electron chi connectivity index (χ2n) is 6.28. The van der Waals surface area contributed by atoms with Crippen LogP contribution in [0.3, 0.4) is 0 Å². The molecule has 1 aliphatic heterocycles. The third-order valence-electron chi connectivity index (χ3n) is 4.47. The number of anilines is 2. The van der Waals surface area contributed by atoms with Crippen molar-refractivity contribution in [3.8, 4) is 0 Å². The Hall–Kier alpha value is -2.62. The highest BCUT2D eigenvalue weighted by Gasteiger charge is 2.35. The van der Waals surface area contributed by atoms with Crippen LogP contribution in [0.5, 0.6) is 0 Å². The van der Waals surface area contributed by atoms with Gasteiger partial charge >= 0.3 is 0 Å². The third-order valence-corrected chi connectivity index (χ3v) is 4.47. The molecule has 0 aromatic heterocycles. The summed E-state index contributed by atoms with van der Waals surface area (Å²) >= 11 is 0. The van der Waals surface area contributed by atoms with Crippen molar-refractivity contribution >= 4 is 23.2 Å². The number of nitrogens with zero attached hydrogens (tertiary/aromatic N) is 1. The molecule has 0 radical (unpaired) electrons. The van der Waals surface area contributed by atoms with E-state index in [1.807, 2.05) is 55.5 Å². The van der Waals surface area contributed by atoms with Crippen molar-refractivity contribution in [3.05, 3.63) is 59.7 Å². The summed E-state index contributed by atoms with van der Waals surface area (Å²) < 4.78 is 0. The van der Waals surface area contributed by atoms with Gasteiger partial charge in [0.15, 0.2) is 0 Å². The van der Waals surface area contributed by atoms with E-state index < -0.39 is 0 Å². The molecule has 4 heteroatoms. The normalized spacial score (nSPS) is 17.2. The van der Waals surface area contributed by atoms with E-state index in [-0.39, 0.29) is 24.2 Å². The van der Waals surface area contributed by atoms with Crippen molar-refractivity contribution < 1.29 is 9.59 Å². The van der Waals surface area contributed by atoms with Crippen LogP contribution in [-0.4, -0.2) is 18.4 Å². The molecule has 24 heavy (non-hydrogen) atoms. The lowest BCUT2D eigenvalue weighted by Crippen LogP contribution is -2.28. The van der Waals surface area contributed by atoms with Crippen molar-refractivity contribution in [2.75, 3.05) is 16.8 Å². The van der Waals surface area contributed by atoms with Crippen molar-refractivity contribution in [2.24, 2.45) is 5.92 Å². The Labute approximate surface area is 142 Å². The van der Waals surface area contributed by atoms with Gasteiger partial charge in [-0.2, -0.15) is 0 Å². The van der Waals surface area contributed by atoms with Crippen LogP contribution >= 0.6 is 0 Å². The number of carbonyl (C=O) groups is 2. The smallest absolute Gasteiger partial charge is 0.229 e. The van der Waals surface area contributed by atoms with Gasteiger partial charge in [0, 0.05) is 24.3 Å². The maximum Gasteiger partial charge on any atom is 0.229 e. The van der Waals surface area contributed by atoms with Gasteiger partial charge in [-0.15, -0.1) is 0 Å². The first kappa shape index (κ1) is 16.2. The highest BCUT2D eigenvalue weighted by atomic mass is 16.2. The minimum Gasteiger partial charge on any atom is -0.326 e. The standard InChI is InChI=1S/C20H22N2O2/c1-3-15-6-10-18(11-7-15)22-13-16(12-19(22)23)20(24)21-17-8-4-14(2)5-9-17/h4-11,16H,3,12-13H2,1-2H3,(H,21,24). The zero-order chi connectivity index (χ0) is 17.1. The molecule has 1 heterocycles. The zero-order valence-corrected chi connectivity index (χ0v) is 14.1. The first-order chi connectivity index (χ1) is 11.6. The summed E-state index contributed by atoms with van der Waals surface area (Å²) in [6, 6.07) is 15.6. The van der Waals surface area contributed by atoms with E-state index in [1.54, 1.807) is 4.90 Å². The van der Waals surface area contributed by atoms with Crippen LogP contribution in [0.25, 0.3) is 0 Å². The Balaban J connectivity index is 1.67. The molecule has 2 amide bonds. The Morgan fingerprint density at radius 2 is 1.79 bits per heavy atom. The summed E-state index contributed by atoms with van der Waals surface area (Å²) in [5, 5.41) is 2.90. The van der Waals surface area contributed by atoms with E-state index in [9.17, 15) is 9.59 Å². The Kier molecular flexibility index (Phi) is 4.65. The average Bonchev–Trinajstić information content (AvgIpc) is 2.99. The number of rotatable bonds is 4. The summed E-state index contributed by atoms with van der Waals surface area (Å²) in [5.74, 6) is -0.409. The number of aryl methyl sites for hydroxylation is 2. The lowest BCUT2D eigenvalue weighted by molar-refractivity contribution is -0.122. The summed E-state index contributed by atoms with van der Waals surface area (Å²) in [6.07, 6.45) is 1.23. The Morgan fingerprint density at radius 1 is 1.12 bits per heavy atom. The van der Waals surface area contributed by atoms with E-state index in [1.165, 1.54) is 5.56 Å². The van der Waals surface area contributed by atoms with E-state index >= 15 is 0 Å². The molecule has 2 aromatic carbocycles. The van der Waals surface area contributed by atoms with Gasteiger partial charge in [0.2, 0.25) is 11.8 Å². The third kappa shape index (κ3) is 3.48. The highest BCUT2D eigenvalue weighted by Crippen LogP contribution is 2.26. The number of benzene rings is 2. The molecule has 3 rings (SSSR count). The minimum absolute atomic E-state index is 0.00306. The Bertz CT molecular complexity index is 735. The molecule has 0 bridgehead atoms. The van der Waals surface area contributed by atoms with Gasteiger partial charge in [0.05, 0.1) is 5.92 Å². The zero-order valence-electron chi connectivity index (χ0n) is 14.1. The molecule has 2 aromatic rings. The molecule has 1 N–H and O–H groups in total. The number of amides is 2. The van der Waals surface area contributed by atoms with E-state index in [0.717, 1.165) is 23.4 Å². The molecule has 0 spiro atoms. The second-order valence-corrected chi connectivity index (χ2v) is 6.28. The topological polar surface area (TPSA) is 49.4 Å². The fourth-order valence-electron chi connectivity index (χ4n) is 2.93. The van der Waals surface area contributed by atoms with Gasteiger partial charge in [-0.1, -0.05) is 36.8 Å². The van der Waals surface area contributed by atoms with Gasteiger partial charge in [0.25, 0.3) is 0 Å². The fourth-order valence-corrected chi connectivity index (χ4v) is 2.93. The predicted octanol–water partition coefficient (Wildman–Crippen LogP) is 3.55. The van der Waals surface area contributed by atoms with E-state index in [0.29, 0.717) is 6.54 Å². The first-order valence-corrected chi connectivity index (χ1v) is 8.33. The van der Waals surface area contributed by atoms with Gasteiger partial charge in [-0.25, -0.2) is 0 Å². The number of carbonyl (C=O) groups excluding carboxylic acids is 2. The van der Waals surface area contributed by atoms with Crippen LogP contribution in [0, 0.1) is 12.8 Å². The summed E-state index contributed by atoms with van der Waals surface area (Å²) in [5.41, 5.74) is 4.01. The van der Waals surface area contributed by atoms with E-state index in [2.05, 4.69) is 12.2 Å². The van der Waals surface area contributed by atoms with Crippen molar-refractivity contribution in [1.82, 2.24) is 0 Å². The number of nitrogens with one attached hydrogen (secondary N) is 1. The second kappa shape index (κ2) is 6.87. The van der Waals surface area contributed by atoms with Crippen LogP contribution in [0.1, 0.15) is 24.5 Å². The van der Waals surface area contributed by atoms with Crippen LogP contribution in [0.4, 0.5) is 11.4 Å².